The molecule has 3 nitrogen and oxygen atoms in total. The molecule has 2 rings (SSSR count). The molecule has 0 spiro atoms. The van der Waals surface area contributed by atoms with Crippen LogP contribution in [0.25, 0.3) is 0 Å². The van der Waals surface area contributed by atoms with Gasteiger partial charge in [0.05, 0.1) is 0 Å². The molecule has 1 aliphatic rings. The van der Waals surface area contributed by atoms with Crippen molar-refractivity contribution in [3.05, 3.63) is 29.3 Å². The van der Waals surface area contributed by atoms with Crippen LogP contribution in [0.1, 0.15) is 37.3 Å². The number of nitrogens with one attached hydrogen (secondary N) is 1. The van der Waals surface area contributed by atoms with Crippen LogP contribution < -0.4 is 5.32 Å². The summed E-state index contributed by atoms with van der Waals surface area (Å²) < 4.78 is 0. The van der Waals surface area contributed by atoms with Crippen molar-refractivity contribution in [2.45, 2.75) is 39.7 Å². The number of rotatable bonds is 6. The average molecular weight is 276 g/mol. The summed E-state index contributed by atoms with van der Waals surface area (Å²) in [4.78, 5) is 2.58. The number of hydrogen-bond acceptors (Lipinski definition) is 3. The Morgan fingerprint density at radius 1 is 1.25 bits per heavy atom. The van der Waals surface area contributed by atoms with Crippen molar-refractivity contribution in [3.63, 3.8) is 0 Å². The maximum absolute atomic E-state index is 9.98. The van der Waals surface area contributed by atoms with E-state index in [4.69, 9.17) is 0 Å². The number of benzene rings is 1. The number of para-hydroxylation sites is 1. The molecule has 1 aromatic carbocycles. The topological polar surface area (TPSA) is 35.5 Å². The summed E-state index contributed by atoms with van der Waals surface area (Å²) in [6, 6.07) is 5.94. The Kier molecular flexibility index (Phi) is 5.86. The number of phenolic OH excluding ortho intramolecular Hbond substituents is 1. The highest BCUT2D eigenvalue weighted by Gasteiger charge is 2.13. The zero-order valence-corrected chi connectivity index (χ0v) is 12.9. The minimum absolute atomic E-state index is 0.434. The first-order valence-corrected chi connectivity index (χ1v) is 7.87. The van der Waals surface area contributed by atoms with Gasteiger partial charge in [0, 0.05) is 18.7 Å². The number of aryl methyl sites for hydroxylation is 1. The van der Waals surface area contributed by atoms with Gasteiger partial charge < -0.3 is 15.3 Å². The van der Waals surface area contributed by atoms with Gasteiger partial charge in [-0.1, -0.05) is 31.5 Å². The molecule has 112 valence electrons. The third-order valence-corrected chi connectivity index (χ3v) is 4.15. The van der Waals surface area contributed by atoms with Gasteiger partial charge in [-0.25, -0.2) is 0 Å². The maximum atomic E-state index is 9.98. The number of likely N-dealkylation sites (tertiary alicyclic amines) is 1. The zero-order chi connectivity index (χ0) is 14.4. The fourth-order valence-corrected chi connectivity index (χ4v) is 2.96. The number of piperidine rings is 1. The highest BCUT2D eigenvalue weighted by Crippen LogP contribution is 2.21. The lowest BCUT2D eigenvalue weighted by molar-refractivity contribution is 0.199. The van der Waals surface area contributed by atoms with E-state index in [0.29, 0.717) is 11.7 Å². The maximum Gasteiger partial charge on any atom is 0.122 e. The molecule has 0 aromatic heterocycles. The third kappa shape index (κ3) is 4.50. The van der Waals surface area contributed by atoms with Crippen molar-refractivity contribution >= 4 is 0 Å². The average Bonchev–Trinajstić information content (AvgIpc) is 2.44. The molecule has 2 N–H and O–H groups in total. The summed E-state index contributed by atoms with van der Waals surface area (Å²) in [5, 5.41) is 13.4. The summed E-state index contributed by atoms with van der Waals surface area (Å²) in [6.07, 6.45) is 4.12. The van der Waals surface area contributed by atoms with E-state index in [-0.39, 0.29) is 0 Å². The number of nitrogens with zero attached hydrogens (tertiary/aromatic N) is 1. The summed E-state index contributed by atoms with van der Waals surface area (Å²) in [5.74, 6) is 1.09. The number of hydrogen-bond donors (Lipinski definition) is 2. The third-order valence-electron chi connectivity index (χ3n) is 4.15. The lowest BCUT2D eigenvalue weighted by Crippen LogP contribution is -2.36. The van der Waals surface area contributed by atoms with Crippen molar-refractivity contribution < 1.29 is 5.11 Å². The smallest absolute Gasteiger partial charge is 0.122 e. The van der Waals surface area contributed by atoms with Crippen LogP contribution in [0, 0.1) is 12.8 Å². The molecule has 0 bridgehead atoms. The van der Waals surface area contributed by atoms with E-state index in [0.717, 1.165) is 24.2 Å². The zero-order valence-electron chi connectivity index (χ0n) is 12.9. The second kappa shape index (κ2) is 7.65. The summed E-state index contributed by atoms with van der Waals surface area (Å²) in [5.41, 5.74) is 1.95. The van der Waals surface area contributed by atoms with Crippen molar-refractivity contribution in [3.8, 4) is 5.75 Å². The van der Waals surface area contributed by atoms with Gasteiger partial charge in [-0.15, -0.1) is 0 Å². The fraction of sp³-hybridized carbons (Fsp3) is 0.647. The largest absolute Gasteiger partial charge is 0.507 e. The fourth-order valence-electron chi connectivity index (χ4n) is 2.96. The van der Waals surface area contributed by atoms with Crippen molar-refractivity contribution in [1.82, 2.24) is 10.2 Å². The highest BCUT2D eigenvalue weighted by atomic mass is 16.3. The van der Waals surface area contributed by atoms with E-state index in [2.05, 4.69) is 17.1 Å². The molecule has 1 fully saturated rings. The second-order valence-electron chi connectivity index (χ2n) is 6.18. The van der Waals surface area contributed by atoms with E-state index in [1.54, 1.807) is 0 Å². The molecule has 1 saturated heterocycles. The van der Waals surface area contributed by atoms with Crippen LogP contribution in [0.4, 0.5) is 0 Å². The first-order chi connectivity index (χ1) is 9.66. The van der Waals surface area contributed by atoms with Crippen LogP contribution in [0.5, 0.6) is 5.75 Å². The van der Waals surface area contributed by atoms with Gasteiger partial charge in [-0.3, -0.25) is 0 Å². The van der Waals surface area contributed by atoms with Gasteiger partial charge in [0.15, 0.2) is 0 Å². The molecular weight excluding hydrogens is 248 g/mol. The molecule has 1 aliphatic heterocycles. The molecule has 1 aromatic rings. The lowest BCUT2D eigenvalue weighted by Gasteiger charge is -2.29. The molecular formula is C17H28N2O. The van der Waals surface area contributed by atoms with Gasteiger partial charge in [-0.2, -0.15) is 0 Å². The Bertz CT molecular complexity index is 413. The normalized spacial score (nSPS) is 18.1. The van der Waals surface area contributed by atoms with Gasteiger partial charge in [0.25, 0.3) is 0 Å². The van der Waals surface area contributed by atoms with Gasteiger partial charge in [0.2, 0.25) is 0 Å². The van der Waals surface area contributed by atoms with E-state index in [1.165, 1.54) is 38.9 Å². The molecule has 0 amide bonds. The van der Waals surface area contributed by atoms with Crippen molar-refractivity contribution in [2.24, 2.45) is 5.92 Å². The summed E-state index contributed by atoms with van der Waals surface area (Å²) in [7, 11) is 0. The second-order valence-corrected chi connectivity index (χ2v) is 6.18. The van der Waals surface area contributed by atoms with E-state index >= 15 is 0 Å². The van der Waals surface area contributed by atoms with Crippen molar-refractivity contribution in [1.29, 1.82) is 0 Å². The van der Waals surface area contributed by atoms with Gasteiger partial charge in [-0.05, 0) is 50.9 Å². The molecule has 3 heteroatoms. The minimum Gasteiger partial charge on any atom is -0.507 e. The standard InChI is InChI=1S/C17H28N2O/c1-14(13-19-9-4-3-5-10-19)11-18-12-16-8-6-7-15(2)17(16)20/h6-8,14,18,20H,3-5,9-13H2,1-2H3. The Morgan fingerprint density at radius 2 is 2.00 bits per heavy atom. The number of phenols is 1. The van der Waals surface area contributed by atoms with Crippen molar-refractivity contribution in [2.75, 3.05) is 26.2 Å². The molecule has 20 heavy (non-hydrogen) atoms. The van der Waals surface area contributed by atoms with Gasteiger partial charge >= 0.3 is 0 Å². The van der Waals surface area contributed by atoms with Crippen LogP contribution in [0.2, 0.25) is 0 Å². The van der Waals surface area contributed by atoms with E-state index in [1.807, 2.05) is 25.1 Å². The Morgan fingerprint density at radius 3 is 2.75 bits per heavy atom. The Labute approximate surface area is 123 Å². The predicted molar refractivity (Wildman–Crippen MR) is 84.0 cm³/mol. The SMILES string of the molecule is Cc1cccc(CNCC(C)CN2CCCCC2)c1O. The van der Waals surface area contributed by atoms with Crippen LogP contribution in [0.3, 0.4) is 0 Å². The Balaban J connectivity index is 1.70. The molecule has 1 unspecified atom stereocenters. The van der Waals surface area contributed by atoms with Crippen LogP contribution in [0.15, 0.2) is 18.2 Å². The highest BCUT2D eigenvalue weighted by molar-refractivity contribution is 5.39. The molecule has 0 radical (unpaired) electrons. The molecule has 0 aliphatic carbocycles. The Hall–Kier alpha value is -1.06. The first-order valence-electron chi connectivity index (χ1n) is 7.87. The lowest BCUT2D eigenvalue weighted by atomic mass is 10.1. The monoisotopic (exact) mass is 276 g/mol. The van der Waals surface area contributed by atoms with Crippen LogP contribution >= 0.6 is 0 Å². The predicted octanol–water partition coefficient (Wildman–Crippen LogP) is 2.91. The molecule has 0 saturated carbocycles. The summed E-state index contributed by atoms with van der Waals surface area (Å²) in [6.45, 7) is 9.72. The minimum atomic E-state index is 0.434. The molecule has 1 atom stereocenters. The van der Waals surface area contributed by atoms with E-state index in [9.17, 15) is 5.11 Å². The van der Waals surface area contributed by atoms with E-state index < -0.39 is 0 Å². The first kappa shape index (κ1) is 15.3. The quantitative estimate of drug-likeness (QED) is 0.838. The molecule has 1 heterocycles. The van der Waals surface area contributed by atoms with Crippen LogP contribution in [-0.4, -0.2) is 36.2 Å². The summed E-state index contributed by atoms with van der Waals surface area (Å²) >= 11 is 0. The van der Waals surface area contributed by atoms with Crippen LogP contribution in [-0.2, 0) is 6.54 Å². The van der Waals surface area contributed by atoms with Gasteiger partial charge in [0.1, 0.15) is 5.75 Å². The number of aromatic hydroxyl groups is 1.